The van der Waals surface area contributed by atoms with Crippen molar-refractivity contribution in [2.24, 2.45) is 5.92 Å². The maximum Gasteiger partial charge on any atom is 0.253 e. The number of benzene rings is 2. The third-order valence-electron chi connectivity index (χ3n) is 5.09. The van der Waals surface area contributed by atoms with Gasteiger partial charge in [0.1, 0.15) is 0 Å². The quantitative estimate of drug-likeness (QED) is 0.773. The summed E-state index contributed by atoms with van der Waals surface area (Å²) in [7, 11) is 0. The molecule has 28 heavy (non-hydrogen) atoms. The van der Waals surface area contributed by atoms with Crippen LogP contribution in [0.1, 0.15) is 35.7 Å². The van der Waals surface area contributed by atoms with E-state index >= 15 is 0 Å². The van der Waals surface area contributed by atoms with Crippen LogP contribution < -0.4 is 10.6 Å². The van der Waals surface area contributed by atoms with E-state index in [1.807, 2.05) is 47.4 Å². The second-order valence-corrected chi connectivity index (χ2v) is 7.68. The Morgan fingerprint density at radius 3 is 2.43 bits per heavy atom. The zero-order valence-corrected chi connectivity index (χ0v) is 16.8. The van der Waals surface area contributed by atoms with E-state index in [0.29, 0.717) is 23.0 Å². The molecular formula is C22H26ClN3O2. The summed E-state index contributed by atoms with van der Waals surface area (Å²) in [6.07, 6.45) is 2.13. The number of likely N-dealkylation sites (tertiary alicyclic amines) is 1. The number of hydrogen-bond acceptors (Lipinski definition) is 3. The van der Waals surface area contributed by atoms with E-state index in [1.54, 1.807) is 6.07 Å². The van der Waals surface area contributed by atoms with Gasteiger partial charge in [-0.05, 0) is 54.7 Å². The highest BCUT2D eigenvalue weighted by Crippen LogP contribution is 2.19. The minimum Gasteiger partial charge on any atom is -0.376 e. The predicted molar refractivity (Wildman–Crippen MR) is 113 cm³/mol. The van der Waals surface area contributed by atoms with Crippen molar-refractivity contribution in [1.82, 2.24) is 10.2 Å². The summed E-state index contributed by atoms with van der Waals surface area (Å²) in [6, 6.07) is 14.7. The number of halogens is 1. The molecule has 0 radical (unpaired) electrons. The summed E-state index contributed by atoms with van der Waals surface area (Å²) in [4.78, 5) is 26.5. The van der Waals surface area contributed by atoms with Gasteiger partial charge in [-0.15, -0.1) is 0 Å². The van der Waals surface area contributed by atoms with Crippen molar-refractivity contribution < 1.29 is 9.59 Å². The fraction of sp³-hybridized carbons (Fsp3) is 0.364. The summed E-state index contributed by atoms with van der Waals surface area (Å²) in [5.74, 6) is 0.651. The molecule has 148 valence electrons. The molecular weight excluding hydrogens is 374 g/mol. The highest BCUT2D eigenvalue weighted by atomic mass is 35.5. The summed E-state index contributed by atoms with van der Waals surface area (Å²) in [5.41, 5.74) is 2.37. The first kappa shape index (κ1) is 20.2. The average Bonchev–Trinajstić information content (AvgIpc) is 2.72. The fourth-order valence-electron chi connectivity index (χ4n) is 3.21. The van der Waals surface area contributed by atoms with Gasteiger partial charge in [-0.2, -0.15) is 0 Å². The number of piperidine rings is 1. The lowest BCUT2D eigenvalue weighted by Crippen LogP contribution is -2.37. The standard InChI is InChI=1S/C22H26ClN3O2/c1-16-10-12-26(13-11-16)22(28)17-6-8-19(9-7-17)24-15-21(27)25-14-18-4-2-3-5-20(18)23/h2-9,16,24H,10-15H2,1H3,(H,25,27). The van der Waals surface area contributed by atoms with Crippen LogP contribution in [-0.4, -0.2) is 36.3 Å². The molecule has 1 aliphatic rings. The minimum atomic E-state index is -0.123. The van der Waals surface area contributed by atoms with Crippen LogP contribution in [0, 0.1) is 5.92 Å². The van der Waals surface area contributed by atoms with E-state index in [1.165, 1.54) is 0 Å². The highest BCUT2D eigenvalue weighted by molar-refractivity contribution is 6.31. The van der Waals surface area contributed by atoms with Gasteiger partial charge in [0.15, 0.2) is 0 Å². The lowest BCUT2D eigenvalue weighted by molar-refractivity contribution is -0.119. The third-order valence-corrected chi connectivity index (χ3v) is 5.46. The lowest BCUT2D eigenvalue weighted by atomic mass is 9.98. The molecule has 0 saturated carbocycles. The lowest BCUT2D eigenvalue weighted by Gasteiger charge is -2.30. The SMILES string of the molecule is CC1CCN(C(=O)c2ccc(NCC(=O)NCc3ccccc3Cl)cc2)CC1. The Morgan fingerprint density at radius 1 is 1.07 bits per heavy atom. The third kappa shape index (κ3) is 5.49. The van der Waals surface area contributed by atoms with Gasteiger partial charge in [-0.1, -0.05) is 36.7 Å². The van der Waals surface area contributed by atoms with Gasteiger partial charge >= 0.3 is 0 Å². The van der Waals surface area contributed by atoms with Crippen LogP contribution in [0.2, 0.25) is 5.02 Å². The monoisotopic (exact) mass is 399 g/mol. The van der Waals surface area contributed by atoms with Crippen molar-refractivity contribution in [2.45, 2.75) is 26.3 Å². The van der Waals surface area contributed by atoms with Gasteiger partial charge in [-0.3, -0.25) is 9.59 Å². The van der Waals surface area contributed by atoms with Crippen LogP contribution in [0.25, 0.3) is 0 Å². The van der Waals surface area contributed by atoms with Crippen LogP contribution in [-0.2, 0) is 11.3 Å². The maximum atomic E-state index is 12.6. The van der Waals surface area contributed by atoms with Gasteiger partial charge in [0.25, 0.3) is 5.91 Å². The number of carbonyl (C=O) groups excluding carboxylic acids is 2. The molecule has 0 aromatic heterocycles. The number of carbonyl (C=O) groups is 2. The van der Waals surface area contributed by atoms with E-state index in [9.17, 15) is 9.59 Å². The van der Waals surface area contributed by atoms with Crippen molar-refractivity contribution in [3.63, 3.8) is 0 Å². The topological polar surface area (TPSA) is 61.4 Å². The largest absolute Gasteiger partial charge is 0.376 e. The van der Waals surface area contributed by atoms with Crippen LogP contribution >= 0.6 is 11.6 Å². The highest BCUT2D eigenvalue weighted by Gasteiger charge is 2.21. The minimum absolute atomic E-state index is 0.0796. The zero-order chi connectivity index (χ0) is 19.9. The van der Waals surface area contributed by atoms with E-state index in [0.717, 1.165) is 37.2 Å². The molecule has 1 saturated heterocycles. The molecule has 0 unspecified atom stereocenters. The number of hydrogen-bond donors (Lipinski definition) is 2. The van der Waals surface area contributed by atoms with E-state index in [2.05, 4.69) is 17.6 Å². The molecule has 3 rings (SSSR count). The molecule has 1 fully saturated rings. The molecule has 0 spiro atoms. The first-order chi connectivity index (χ1) is 13.5. The Kier molecular flexibility index (Phi) is 6.93. The Bertz CT molecular complexity index is 815. The van der Waals surface area contributed by atoms with Crippen molar-refractivity contribution in [3.05, 3.63) is 64.7 Å². The van der Waals surface area contributed by atoms with E-state index in [4.69, 9.17) is 11.6 Å². The molecule has 2 aromatic carbocycles. The van der Waals surface area contributed by atoms with Gasteiger partial charge in [-0.25, -0.2) is 0 Å². The van der Waals surface area contributed by atoms with Crippen molar-refractivity contribution in [2.75, 3.05) is 25.0 Å². The second-order valence-electron chi connectivity index (χ2n) is 7.27. The first-order valence-corrected chi connectivity index (χ1v) is 10.0. The van der Waals surface area contributed by atoms with Crippen LogP contribution in [0.3, 0.4) is 0 Å². The van der Waals surface area contributed by atoms with Crippen LogP contribution in [0.5, 0.6) is 0 Å². The van der Waals surface area contributed by atoms with Crippen molar-refractivity contribution in [3.8, 4) is 0 Å². The normalized spacial score (nSPS) is 14.6. The van der Waals surface area contributed by atoms with Gasteiger partial charge in [0.05, 0.1) is 6.54 Å². The smallest absolute Gasteiger partial charge is 0.253 e. The molecule has 1 heterocycles. The Balaban J connectivity index is 1.45. The summed E-state index contributed by atoms with van der Waals surface area (Å²) >= 11 is 6.09. The van der Waals surface area contributed by atoms with E-state index in [-0.39, 0.29) is 18.4 Å². The molecule has 6 heteroatoms. The van der Waals surface area contributed by atoms with E-state index < -0.39 is 0 Å². The Morgan fingerprint density at radius 2 is 1.75 bits per heavy atom. The molecule has 5 nitrogen and oxygen atoms in total. The predicted octanol–water partition coefficient (Wildman–Crippen LogP) is 3.94. The number of nitrogens with one attached hydrogen (secondary N) is 2. The first-order valence-electron chi connectivity index (χ1n) is 9.66. The number of amides is 2. The Labute approximate surface area is 171 Å². The second kappa shape index (κ2) is 9.60. The van der Waals surface area contributed by atoms with Crippen molar-refractivity contribution >= 4 is 29.1 Å². The number of rotatable bonds is 6. The average molecular weight is 400 g/mol. The van der Waals surface area contributed by atoms with Crippen LogP contribution in [0.4, 0.5) is 5.69 Å². The maximum absolute atomic E-state index is 12.6. The molecule has 2 N–H and O–H groups in total. The Hall–Kier alpha value is -2.53. The fourth-order valence-corrected chi connectivity index (χ4v) is 3.41. The molecule has 2 aromatic rings. The van der Waals surface area contributed by atoms with Crippen molar-refractivity contribution in [1.29, 1.82) is 0 Å². The molecule has 0 bridgehead atoms. The number of nitrogens with zero attached hydrogens (tertiary/aromatic N) is 1. The van der Waals surface area contributed by atoms with Gasteiger partial charge in [0, 0.05) is 35.9 Å². The summed E-state index contributed by atoms with van der Waals surface area (Å²) < 4.78 is 0. The molecule has 2 amide bonds. The zero-order valence-electron chi connectivity index (χ0n) is 16.1. The summed E-state index contributed by atoms with van der Waals surface area (Å²) in [6.45, 7) is 4.42. The van der Waals surface area contributed by atoms with Gasteiger partial charge in [0.2, 0.25) is 5.91 Å². The number of anilines is 1. The van der Waals surface area contributed by atoms with Gasteiger partial charge < -0.3 is 15.5 Å². The molecule has 0 aliphatic carbocycles. The van der Waals surface area contributed by atoms with Crippen LogP contribution in [0.15, 0.2) is 48.5 Å². The molecule has 1 aliphatic heterocycles. The summed E-state index contributed by atoms with van der Waals surface area (Å²) in [5, 5.41) is 6.55. The molecule has 0 atom stereocenters.